The summed E-state index contributed by atoms with van der Waals surface area (Å²) in [5.74, 6) is 0.847. The standard InChI is InChI=1S/C11H16ClN5S2/c1-2-5-13-6-7-17-11(14-15-16-17)18-8-9-3-4-10(12)19-9/h3-4,13H,2,5-8H2,1H3. The molecule has 0 amide bonds. The van der Waals surface area contributed by atoms with E-state index in [1.54, 1.807) is 23.1 Å². The smallest absolute Gasteiger partial charge is 0.209 e. The van der Waals surface area contributed by atoms with Gasteiger partial charge in [-0.1, -0.05) is 30.3 Å². The van der Waals surface area contributed by atoms with E-state index in [9.17, 15) is 0 Å². The molecule has 0 aliphatic carbocycles. The highest BCUT2D eigenvalue weighted by atomic mass is 35.5. The minimum atomic E-state index is 0.792. The summed E-state index contributed by atoms with van der Waals surface area (Å²) in [7, 11) is 0. The maximum atomic E-state index is 5.91. The average molecular weight is 318 g/mol. The Labute approximate surface area is 125 Å². The first-order valence-electron chi connectivity index (χ1n) is 6.13. The molecule has 0 unspecified atom stereocenters. The normalized spacial score (nSPS) is 11.1. The second-order valence-electron chi connectivity index (χ2n) is 3.93. The molecule has 1 N–H and O–H groups in total. The van der Waals surface area contributed by atoms with Crippen LogP contribution in [0.3, 0.4) is 0 Å². The Morgan fingerprint density at radius 1 is 1.42 bits per heavy atom. The van der Waals surface area contributed by atoms with E-state index in [0.717, 1.165) is 41.3 Å². The lowest BCUT2D eigenvalue weighted by molar-refractivity contribution is 0.510. The Morgan fingerprint density at radius 3 is 3.05 bits per heavy atom. The molecule has 0 aromatic carbocycles. The van der Waals surface area contributed by atoms with E-state index in [2.05, 4.69) is 27.8 Å². The molecule has 8 heteroatoms. The quantitative estimate of drug-likeness (QED) is 0.599. The number of rotatable bonds is 8. The molecule has 0 radical (unpaired) electrons. The number of thioether (sulfide) groups is 1. The minimum Gasteiger partial charge on any atom is -0.315 e. The van der Waals surface area contributed by atoms with Gasteiger partial charge in [-0.25, -0.2) is 4.68 Å². The van der Waals surface area contributed by atoms with Crippen molar-refractivity contribution in [1.82, 2.24) is 25.5 Å². The van der Waals surface area contributed by atoms with E-state index >= 15 is 0 Å². The first-order chi connectivity index (χ1) is 9.29. The van der Waals surface area contributed by atoms with Gasteiger partial charge in [0.05, 0.1) is 10.9 Å². The number of aromatic nitrogens is 4. The van der Waals surface area contributed by atoms with Gasteiger partial charge in [-0.3, -0.25) is 0 Å². The summed E-state index contributed by atoms with van der Waals surface area (Å²) in [5, 5.41) is 16.0. The van der Waals surface area contributed by atoms with E-state index in [1.165, 1.54) is 4.88 Å². The van der Waals surface area contributed by atoms with Gasteiger partial charge in [-0.05, 0) is 35.5 Å². The summed E-state index contributed by atoms with van der Waals surface area (Å²) in [5.41, 5.74) is 0. The van der Waals surface area contributed by atoms with Crippen molar-refractivity contribution in [2.45, 2.75) is 30.8 Å². The number of hydrogen-bond acceptors (Lipinski definition) is 6. The molecule has 0 saturated carbocycles. The Morgan fingerprint density at radius 2 is 2.32 bits per heavy atom. The van der Waals surface area contributed by atoms with Crippen LogP contribution in [0.15, 0.2) is 17.3 Å². The van der Waals surface area contributed by atoms with Crippen LogP contribution in [0.4, 0.5) is 0 Å². The lowest BCUT2D eigenvalue weighted by Gasteiger charge is -2.04. The number of nitrogens with zero attached hydrogens (tertiary/aromatic N) is 4. The van der Waals surface area contributed by atoms with E-state index in [-0.39, 0.29) is 0 Å². The first kappa shape index (κ1) is 14.8. The molecule has 0 atom stereocenters. The minimum absolute atomic E-state index is 0.792. The zero-order valence-corrected chi connectivity index (χ0v) is 13.1. The Hall–Kier alpha value is -0.630. The molecule has 2 rings (SSSR count). The number of halogens is 1. The van der Waals surface area contributed by atoms with Crippen LogP contribution in [0, 0.1) is 0 Å². The van der Waals surface area contributed by atoms with Crippen molar-refractivity contribution in [3.8, 4) is 0 Å². The average Bonchev–Trinajstić information content (AvgIpc) is 3.01. The lowest BCUT2D eigenvalue weighted by Crippen LogP contribution is -2.21. The zero-order chi connectivity index (χ0) is 13.5. The number of tetrazole rings is 1. The fourth-order valence-electron chi connectivity index (χ4n) is 1.49. The number of hydrogen-bond donors (Lipinski definition) is 1. The topological polar surface area (TPSA) is 55.6 Å². The summed E-state index contributed by atoms with van der Waals surface area (Å²) in [4.78, 5) is 1.23. The molecule has 2 aromatic heterocycles. The van der Waals surface area contributed by atoms with Crippen molar-refractivity contribution < 1.29 is 0 Å². The maximum Gasteiger partial charge on any atom is 0.209 e. The molecule has 104 valence electrons. The van der Waals surface area contributed by atoms with Gasteiger partial charge in [0.25, 0.3) is 0 Å². The number of thiophene rings is 1. The molecule has 2 aromatic rings. The van der Waals surface area contributed by atoms with Crippen LogP contribution in [-0.4, -0.2) is 33.3 Å². The van der Waals surface area contributed by atoms with Crippen LogP contribution in [-0.2, 0) is 12.3 Å². The molecule has 19 heavy (non-hydrogen) atoms. The van der Waals surface area contributed by atoms with Crippen molar-refractivity contribution in [3.05, 3.63) is 21.3 Å². The van der Waals surface area contributed by atoms with Crippen molar-refractivity contribution in [3.63, 3.8) is 0 Å². The van der Waals surface area contributed by atoms with Crippen LogP contribution in [0.25, 0.3) is 0 Å². The Bertz CT molecular complexity index is 499. The van der Waals surface area contributed by atoms with Gasteiger partial charge in [0.2, 0.25) is 5.16 Å². The molecular weight excluding hydrogens is 302 g/mol. The van der Waals surface area contributed by atoms with Gasteiger partial charge in [0.1, 0.15) is 0 Å². The van der Waals surface area contributed by atoms with Crippen molar-refractivity contribution in [2.75, 3.05) is 13.1 Å². The van der Waals surface area contributed by atoms with Gasteiger partial charge in [0, 0.05) is 17.2 Å². The summed E-state index contributed by atoms with van der Waals surface area (Å²) in [6.45, 7) is 4.85. The molecule has 0 fully saturated rings. The third-order valence-electron chi connectivity index (χ3n) is 2.40. The summed E-state index contributed by atoms with van der Waals surface area (Å²) >= 11 is 9.14. The predicted molar refractivity (Wildman–Crippen MR) is 79.9 cm³/mol. The third-order valence-corrected chi connectivity index (χ3v) is 4.82. The first-order valence-corrected chi connectivity index (χ1v) is 8.31. The predicted octanol–water partition coefficient (Wildman–Crippen LogP) is 2.68. The molecule has 0 bridgehead atoms. The molecule has 2 heterocycles. The molecular formula is C11H16ClN5S2. The van der Waals surface area contributed by atoms with E-state index in [4.69, 9.17) is 11.6 Å². The van der Waals surface area contributed by atoms with Crippen molar-refractivity contribution in [1.29, 1.82) is 0 Å². The van der Waals surface area contributed by atoms with Gasteiger partial charge in [-0.15, -0.1) is 16.4 Å². The second kappa shape index (κ2) is 7.84. The molecule has 5 nitrogen and oxygen atoms in total. The highest BCUT2D eigenvalue weighted by Crippen LogP contribution is 2.27. The summed E-state index contributed by atoms with van der Waals surface area (Å²) in [6, 6.07) is 3.96. The van der Waals surface area contributed by atoms with Crippen LogP contribution < -0.4 is 5.32 Å². The SMILES string of the molecule is CCCNCCn1nnnc1SCc1ccc(Cl)s1. The van der Waals surface area contributed by atoms with Crippen LogP contribution in [0.5, 0.6) is 0 Å². The largest absolute Gasteiger partial charge is 0.315 e. The zero-order valence-electron chi connectivity index (χ0n) is 10.7. The van der Waals surface area contributed by atoms with Gasteiger partial charge in [0.15, 0.2) is 0 Å². The highest BCUT2D eigenvalue weighted by Gasteiger charge is 2.07. The fraction of sp³-hybridized carbons (Fsp3) is 0.545. The van der Waals surface area contributed by atoms with Crippen molar-refractivity contribution in [2.24, 2.45) is 0 Å². The van der Waals surface area contributed by atoms with Gasteiger partial charge >= 0.3 is 0 Å². The van der Waals surface area contributed by atoms with Crippen molar-refractivity contribution >= 4 is 34.7 Å². The highest BCUT2D eigenvalue weighted by molar-refractivity contribution is 7.98. The third kappa shape index (κ3) is 4.76. The monoisotopic (exact) mass is 317 g/mol. The molecule has 0 aliphatic rings. The summed E-state index contributed by atoms with van der Waals surface area (Å²) < 4.78 is 2.65. The maximum absolute atomic E-state index is 5.91. The van der Waals surface area contributed by atoms with Gasteiger partial charge in [-0.2, -0.15) is 0 Å². The summed E-state index contributed by atoms with van der Waals surface area (Å²) in [6.07, 6.45) is 1.14. The van der Waals surface area contributed by atoms with E-state index in [1.807, 2.05) is 16.8 Å². The van der Waals surface area contributed by atoms with E-state index in [0.29, 0.717) is 0 Å². The van der Waals surface area contributed by atoms with Crippen LogP contribution in [0.2, 0.25) is 4.34 Å². The Balaban J connectivity index is 1.81. The number of nitrogens with one attached hydrogen (secondary N) is 1. The fourth-order valence-corrected chi connectivity index (χ4v) is 3.53. The molecule has 0 saturated heterocycles. The van der Waals surface area contributed by atoms with E-state index < -0.39 is 0 Å². The molecule has 0 aliphatic heterocycles. The van der Waals surface area contributed by atoms with Gasteiger partial charge < -0.3 is 5.32 Å². The second-order valence-corrected chi connectivity index (χ2v) is 6.67. The lowest BCUT2D eigenvalue weighted by atomic mass is 10.5. The Kier molecular flexibility index (Phi) is 6.09. The van der Waals surface area contributed by atoms with Crippen LogP contribution >= 0.6 is 34.7 Å². The van der Waals surface area contributed by atoms with Crippen LogP contribution in [0.1, 0.15) is 18.2 Å². The molecule has 0 spiro atoms.